The number of hydrogen-bond acceptors (Lipinski definition) is 2. The summed E-state index contributed by atoms with van der Waals surface area (Å²) >= 11 is 0. The Hall–Kier alpha value is -2.94. The minimum absolute atomic E-state index is 0.537. The molecule has 0 atom stereocenters. The molecule has 4 rings (SSSR count). The van der Waals surface area contributed by atoms with Crippen LogP contribution in [0.1, 0.15) is 25.3 Å². The minimum atomic E-state index is 0.537. The molecule has 2 aromatic carbocycles. The second-order valence-corrected chi connectivity index (χ2v) is 6.30. The molecule has 0 aliphatic rings. The number of para-hydroxylation sites is 1. The van der Waals surface area contributed by atoms with Crippen molar-refractivity contribution >= 4 is 10.9 Å². The molecule has 0 unspecified atom stereocenters. The van der Waals surface area contributed by atoms with Crippen LogP contribution in [0, 0.1) is 0 Å². The number of benzene rings is 2. The second-order valence-electron chi connectivity index (χ2n) is 6.30. The maximum atomic E-state index is 4.54. The number of fused-ring (bicyclic) bond motifs is 1. The molecular formula is C21H19N3. The van der Waals surface area contributed by atoms with E-state index in [2.05, 4.69) is 60.5 Å². The van der Waals surface area contributed by atoms with Gasteiger partial charge in [-0.2, -0.15) is 5.10 Å². The molecule has 24 heavy (non-hydrogen) atoms. The van der Waals surface area contributed by atoms with Crippen LogP contribution in [0.25, 0.3) is 27.7 Å². The van der Waals surface area contributed by atoms with Crippen LogP contribution in [0.2, 0.25) is 0 Å². The highest BCUT2D eigenvalue weighted by molar-refractivity contribution is 5.93. The van der Waals surface area contributed by atoms with Gasteiger partial charge in [-0.15, -0.1) is 0 Å². The van der Waals surface area contributed by atoms with Crippen molar-refractivity contribution in [2.75, 3.05) is 0 Å². The van der Waals surface area contributed by atoms with E-state index in [1.807, 2.05) is 41.3 Å². The molecule has 3 nitrogen and oxygen atoms in total. The van der Waals surface area contributed by atoms with Crippen molar-refractivity contribution < 1.29 is 0 Å². The summed E-state index contributed by atoms with van der Waals surface area (Å²) < 4.78 is 1.93. The zero-order valence-corrected chi connectivity index (χ0v) is 13.8. The maximum Gasteiger partial charge on any atom is 0.0708 e. The fourth-order valence-corrected chi connectivity index (χ4v) is 2.96. The fraction of sp³-hybridized carbons (Fsp3) is 0.143. The molecule has 0 aliphatic heterocycles. The summed E-state index contributed by atoms with van der Waals surface area (Å²) in [7, 11) is 0. The summed E-state index contributed by atoms with van der Waals surface area (Å²) in [5.41, 5.74) is 5.67. The van der Waals surface area contributed by atoms with Crippen molar-refractivity contribution in [2.45, 2.75) is 19.8 Å². The van der Waals surface area contributed by atoms with E-state index >= 15 is 0 Å². The Morgan fingerprint density at radius 1 is 0.917 bits per heavy atom. The summed E-state index contributed by atoms with van der Waals surface area (Å²) in [5, 5.41) is 5.69. The Bertz CT molecular complexity index is 976. The zero-order valence-electron chi connectivity index (χ0n) is 13.8. The highest BCUT2D eigenvalue weighted by Gasteiger charge is 2.08. The molecule has 4 aromatic rings. The van der Waals surface area contributed by atoms with Crippen LogP contribution in [-0.2, 0) is 0 Å². The molecule has 3 heteroatoms. The van der Waals surface area contributed by atoms with Gasteiger partial charge in [-0.3, -0.25) is 4.98 Å². The van der Waals surface area contributed by atoms with E-state index in [1.54, 1.807) is 0 Å². The Morgan fingerprint density at radius 3 is 2.50 bits per heavy atom. The van der Waals surface area contributed by atoms with Crippen molar-refractivity contribution in [1.82, 2.24) is 14.8 Å². The van der Waals surface area contributed by atoms with Gasteiger partial charge in [0.1, 0.15) is 0 Å². The molecule has 118 valence electrons. The molecule has 0 N–H and O–H groups in total. The van der Waals surface area contributed by atoms with Crippen LogP contribution in [-0.4, -0.2) is 14.8 Å². The number of pyridine rings is 1. The zero-order chi connectivity index (χ0) is 16.5. The Labute approximate surface area is 141 Å². The molecular weight excluding hydrogens is 294 g/mol. The third-order valence-corrected chi connectivity index (χ3v) is 4.37. The molecule has 0 amide bonds. The van der Waals surface area contributed by atoms with Crippen molar-refractivity contribution in [3.05, 3.63) is 78.8 Å². The third-order valence-electron chi connectivity index (χ3n) is 4.37. The van der Waals surface area contributed by atoms with Crippen LogP contribution >= 0.6 is 0 Å². The Morgan fingerprint density at radius 2 is 1.71 bits per heavy atom. The summed E-state index contributed by atoms with van der Waals surface area (Å²) in [5.74, 6) is 0.537. The lowest BCUT2D eigenvalue weighted by atomic mass is 10.0. The first kappa shape index (κ1) is 14.6. The number of nitrogens with zero attached hydrogens (tertiary/aromatic N) is 3. The SMILES string of the molecule is CC(C)c1ccc(-n2cc(-c3ccnc4ccccc34)cn2)cc1. The lowest BCUT2D eigenvalue weighted by Gasteiger charge is -2.07. The molecule has 0 radical (unpaired) electrons. The van der Waals surface area contributed by atoms with Crippen LogP contribution < -0.4 is 0 Å². The number of hydrogen-bond donors (Lipinski definition) is 0. The normalized spacial score (nSPS) is 11.3. The van der Waals surface area contributed by atoms with Gasteiger partial charge in [0, 0.05) is 23.3 Å². The number of aromatic nitrogens is 3. The second kappa shape index (κ2) is 5.93. The fourth-order valence-electron chi connectivity index (χ4n) is 2.96. The molecule has 0 saturated heterocycles. The van der Waals surface area contributed by atoms with Gasteiger partial charge in [-0.05, 0) is 41.3 Å². The van der Waals surface area contributed by atoms with E-state index < -0.39 is 0 Å². The van der Waals surface area contributed by atoms with Gasteiger partial charge in [0.25, 0.3) is 0 Å². The van der Waals surface area contributed by atoms with E-state index in [9.17, 15) is 0 Å². The quantitative estimate of drug-likeness (QED) is 0.520. The lowest BCUT2D eigenvalue weighted by Crippen LogP contribution is -1.95. The molecule has 0 aliphatic carbocycles. The summed E-state index contributed by atoms with van der Waals surface area (Å²) in [4.78, 5) is 4.43. The van der Waals surface area contributed by atoms with Gasteiger partial charge in [0.15, 0.2) is 0 Å². The van der Waals surface area contributed by atoms with Gasteiger partial charge < -0.3 is 0 Å². The van der Waals surface area contributed by atoms with Crippen LogP contribution in [0.15, 0.2) is 73.2 Å². The predicted molar refractivity (Wildman–Crippen MR) is 98.4 cm³/mol. The van der Waals surface area contributed by atoms with E-state index in [0.29, 0.717) is 5.92 Å². The average Bonchev–Trinajstić information content (AvgIpc) is 3.11. The Kier molecular flexibility index (Phi) is 3.62. The first-order valence-electron chi connectivity index (χ1n) is 8.21. The molecule has 2 heterocycles. The largest absolute Gasteiger partial charge is 0.256 e. The van der Waals surface area contributed by atoms with Gasteiger partial charge in [0.2, 0.25) is 0 Å². The lowest BCUT2D eigenvalue weighted by molar-refractivity contribution is 0.854. The van der Waals surface area contributed by atoms with Crippen LogP contribution in [0.3, 0.4) is 0 Å². The average molecular weight is 313 g/mol. The topological polar surface area (TPSA) is 30.7 Å². The van der Waals surface area contributed by atoms with Crippen molar-refractivity contribution in [3.8, 4) is 16.8 Å². The Balaban J connectivity index is 1.74. The maximum absolute atomic E-state index is 4.54. The van der Waals surface area contributed by atoms with Crippen LogP contribution in [0.4, 0.5) is 0 Å². The van der Waals surface area contributed by atoms with Gasteiger partial charge in [-0.1, -0.05) is 44.2 Å². The molecule has 0 spiro atoms. The van der Waals surface area contributed by atoms with E-state index in [-0.39, 0.29) is 0 Å². The van der Waals surface area contributed by atoms with Crippen molar-refractivity contribution in [3.63, 3.8) is 0 Å². The standard InChI is InChI=1S/C21H19N3/c1-15(2)16-7-9-18(10-8-16)24-14-17(13-23-24)19-11-12-22-21-6-4-3-5-20(19)21/h3-15H,1-2H3. The first-order valence-corrected chi connectivity index (χ1v) is 8.21. The van der Waals surface area contributed by atoms with Gasteiger partial charge in [-0.25, -0.2) is 4.68 Å². The number of rotatable bonds is 3. The molecule has 0 saturated carbocycles. The monoisotopic (exact) mass is 313 g/mol. The molecule has 0 fully saturated rings. The van der Waals surface area contributed by atoms with Gasteiger partial charge >= 0.3 is 0 Å². The van der Waals surface area contributed by atoms with E-state index in [0.717, 1.165) is 27.7 Å². The van der Waals surface area contributed by atoms with Crippen LogP contribution in [0.5, 0.6) is 0 Å². The van der Waals surface area contributed by atoms with Crippen molar-refractivity contribution in [2.24, 2.45) is 0 Å². The molecule has 2 aromatic heterocycles. The first-order chi connectivity index (χ1) is 11.7. The predicted octanol–water partition coefficient (Wildman–Crippen LogP) is 5.21. The van der Waals surface area contributed by atoms with E-state index in [1.165, 1.54) is 5.56 Å². The van der Waals surface area contributed by atoms with E-state index in [4.69, 9.17) is 0 Å². The molecule has 0 bridgehead atoms. The summed E-state index contributed by atoms with van der Waals surface area (Å²) in [6, 6.07) is 18.8. The summed E-state index contributed by atoms with van der Waals surface area (Å²) in [6.45, 7) is 4.41. The van der Waals surface area contributed by atoms with Gasteiger partial charge in [0.05, 0.1) is 17.4 Å². The minimum Gasteiger partial charge on any atom is -0.256 e. The summed E-state index contributed by atoms with van der Waals surface area (Å²) in [6.07, 6.45) is 5.84. The smallest absolute Gasteiger partial charge is 0.0708 e. The highest BCUT2D eigenvalue weighted by atomic mass is 15.3. The highest BCUT2D eigenvalue weighted by Crippen LogP contribution is 2.27. The third kappa shape index (κ3) is 2.58. The van der Waals surface area contributed by atoms with Crippen molar-refractivity contribution in [1.29, 1.82) is 0 Å².